The Hall–Kier alpha value is -2.24. The lowest BCUT2D eigenvalue weighted by atomic mass is 10.1. The topological polar surface area (TPSA) is 199 Å². The van der Waals surface area contributed by atoms with Crippen LogP contribution < -0.4 is 16.4 Å². The van der Waals surface area contributed by atoms with Crippen molar-refractivity contribution in [3.63, 3.8) is 0 Å². The van der Waals surface area contributed by atoms with Crippen molar-refractivity contribution in [3.8, 4) is 0 Å². The van der Waals surface area contributed by atoms with Crippen molar-refractivity contribution in [2.45, 2.75) is 50.6 Å². The number of nitrogens with two attached hydrogens (primary N) is 1. The van der Waals surface area contributed by atoms with Gasteiger partial charge in [0.15, 0.2) is 6.04 Å². The maximum absolute atomic E-state index is 12.0. The second-order valence-electron chi connectivity index (χ2n) is 5.00. The van der Waals surface area contributed by atoms with Crippen LogP contribution in [-0.4, -0.2) is 74.5 Å². The number of carboxylic acid groups (broad SMARTS) is 2. The minimum atomic E-state index is -1.65. The fourth-order valence-corrected chi connectivity index (χ4v) is 1.58. The van der Waals surface area contributed by atoms with Crippen LogP contribution in [-0.2, 0) is 19.2 Å². The summed E-state index contributed by atoms with van der Waals surface area (Å²) in [6.45, 7) is 2.29. The van der Waals surface area contributed by atoms with Crippen molar-refractivity contribution in [3.05, 3.63) is 0 Å². The molecule has 23 heavy (non-hydrogen) atoms. The molecule has 0 spiro atoms. The van der Waals surface area contributed by atoms with E-state index in [-0.39, 0.29) is 0 Å². The Morgan fingerprint density at radius 2 is 1.35 bits per heavy atom. The van der Waals surface area contributed by atoms with E-state index < -0.39 is 60.5 Å². The fraction of sp³-hybridized carbons (Fsp3) is 0.667. The van der Waals surface area contributed by atoms with Crippen molar-refractivity contribution >= 4 is 23.8 Å². The van der Waals surface area contributed by atoms with Crippen LogP contribution in [0.4, 0.5) is 0 Å². The molecule has 2 amide bonds. The van der Waals surface area contributed by atoms with Crippen LogP contribution in [0.5, 0.6) is 0 Å². The molecule has 11 nitrogen and oxygen atoms in total. The van der Waals surface area contributed by atoms with E-state index in [2.05, 4.69) is 0 Å². The molecule has 0 radical (unpaired) electrons. The highest BCUT2D eigenvalue weighted by atomic mass is 16.4. The Bertz CT molecular complexity index is 465. The number of rotatable bonds is 9. The largest absolute Gasteiger partial charge is 0.481 e. The number of aliphatic hydroxyl groups excluding tert-OH is 2. The summed E-state index contributed by atoms with van der Waals surface area (Å²) in [7, 11) is 0. The third-order valence-corrected chi connectivity index (χ3v) is 2.84. The van der Waals surface area contributed by atoms with Gasteiger partial charge in [-0.05, 0) is 13.8 Å². The van der Waals surface area contributed by atoms with Gasteiger partial charge in [0.1, 0.15) is 6.04 Å². The first-order chi connectivity index (χ1) is 10.5. The molecular formula is C12H21N3O8. The SMILES string of the molecule is CC(O)C(NC(=O)C(NC(=O)C(N)CC(=O)O)C(C)O)C(=O)O. The average molecular weight is 335 g/mol. The number of carbonyl (C=O) groups excluding carboxylic acids is 2. The predicted molar refractivity (Wildman–Crippen MR) is 75.1 cm³/mol. The molecule has 0 saturated heterocycles. The van der Waals surface area contributed by atoms with Gasteiger partial charge in [-0.15, -0.1) is 0 Å². The van der Waals surface area contributed by atoms with Gasteiger partial charge in [0.25, 0.3) is 0 Å². The molecule has 0 aromatic rings. The minimum absolute atomic E-state index is 0.689. The molecule has 0 aliphatic carbocycles. The van der Waals surface area contributed by atoms with E-state index in [9.17, 15) is 29.4 Å². The molecule has 0 saturated carbocycles. The average Bonchev–Trinajstić information content (AvgIpc) is 2.39. The quantitative estimate of drug-likeness (QED) is 0.224. The highest BCUT2D eigenvalue weighted by Crippen LogP contribution is 2.00. The number of amides is 2. The Kier molecular flexibility index (Phi) is 8.15. The summed E-state index contributed by atoms with van der Waals surface area (Å²) in [6.07, 6.45) is -3.53. The summed E-state index contributed by atoms with van der Waals surface area (Å²) in [6, 6.07) is -4.66. The van der Waals surface area contributed by atoms with Gasteiger partial charge in [-0.1, -0.05) is 0 Å². The third kappa shape index (κ3) is 7.04. The molecule has 0 bridgehead atoms. The lowest BCUT2D eigenvalue weighted by Crippen LogP contribution is -2.59. The van der Waals surface area contributed by atoms with E-state index in [1.54, 1.807) is 0 Å². The minimum Gasteiger partial charge on any atom is -0.481 e. The van der Waals surface area contributed by atoms with Gasteiger partial charge in [0.2, 0.25) is 11.8 Å². The third-order valence-electron chi connectivity index (χ3n) is 2.84. The molecule has 11 heteroatoms. The van der Waals surface area contributed by atoms with Crippen molar-refractivity contribution in [1.82, 2.24) is 10.6 Å². The standard InChI is InChI=1S/C12H21N3O8/c1-4(16)8(14-10(20)6(13)3-7(18)19)11(21)15-9(5(2)17)12(22)23/h4-6,8-9,16-17H,3,13H2,1-2H3,(H,14,20)(H,15,21)(H,18,19)(H,22,23). The molecule has 0 aliphatic heterocycles. The Morgan fingerprint density at radius 3 is 1.70 bits per heavy atom. The first-order valence-corrected chi connectivity index (χ1v) is 6.64. The molecule has 0 rings (SSSR count). The highest BCUT2D eigenvalue weighted by molar-refractivity contribution is 5.93. The van der Waals surface area contributed by atoms with Crippen LogP contribution in [0.3, 0.4) is 0 Å². The zero-order valence-corrected chi connectivity index (χ0v) is 12.6. The van der Waals surface area contributed by atoms with Crippen molar-refractivity contribution < 1.29 is 39.6 Å². The number of carbonyl (C=O) groups is 4. The molecule has 0 aromatic carbocycles. The summed E-state index contributed by atoms with van der Waals surface area (Å²) < 4.78 is 0. The van der Waals surface area contributed by atoms with Crippen LogP contribution >= 0.6 is 0 Å². The number of aliphatic hydroxyl groups is 2. The monoisotopic (exact) mass is 335 g/mol. The van der Waals surface area contributed by atoms with E-state index in [1.807, 2.05) is 10.6 Å². The van der Waals surface area contributed by atoms with Crippen LogP contribution in [0.1, 0.15) is 20.3 Å². The predicted octanol–water partition coefficient (Wildman–Crippen LogP) is -3.40. The molecule has 0 fully saturated rings. The molecule has 0 aliphatic rings. The van der Waals surface area contributed by atoms with E-state index in [0.717, 1.165) is 13.8 Å². The molecule has 8 N–H and O–H groups in total. The molecule has 132 valence electrons. The zero-order chi connectivity index (χ0) is 18.3. The van der Waals surface area contributed by atoms with Crippen molar-refractivity contribution in [2.24, 2.45) is 5.73 Å². The van der Waals surface area contributed by atoms with Crippen LogP contribution in [0.15, 0.2) is 0 Å². The van der Waals surface area contributed by atoms with E-state index >= 15 is 0 Å². The lowest BCUT2D eigenvalue weighted by molar-refractivity contribution is -0.146. The molecule has 0 heterocycles. The summed E-state index contributed by atoms with van der Waals surface area (Å²) in [5, 5.41) is 40.3. The zero-order valence-electron chi connectivity index (χ0n) is 12.6. The Morgan fingerprint density at radius 1 is 0.913 bits per heavy atom. The summed E-state index contributed by atoms with van der Waals surface area (Å²) in [5.41, 5.74) is 5.32. The molecule has 5 unspecified atom stereocenters. The highest BCUT2D eigenvalue weighted by Gasteiger charge is 2.32. The van der Waals surface area contributed by atoms with Crippen LogP contribution in [0.25, 0.3) is 0 Å². The van der Waals surface area contributed by atoms with Gasteiger partial charge >= 0.3 is 11.9 Å². The van der Waals surface area contributed by atoms with Crippen LogP contribution in [0.2, 0.25) is 0 Å². The summed E-state index contributed by atoms with van der Waals surface area (Å²) in [5.74, 6) is -4.90. The summed E-state index contributed by atoms with van der Waals surface area (Å²) in [4.78, 5) is 45.1. The van der Waals surface area contributed by atoms with Crippen LogP contribution in [0, 0.1) is 0 Å². The number of aliphatic carboxylic acids is 2. The number of carboxylic acids is 2. The van der Waals surface area contributed by atoms with Crippen molar-refractivity contribution in [1.29, 1.82) is 0 Å². The van der Waals surface area contributed by atoms with Gasteiger partial charge in [-0.25, -0.2) is 4.79 Å². The first-order valence-electron chi connectivity index (χ1n) is 6.64. The normalized spacial score (nSPS) is 17.3. The van der Waals surface area contributed by atoms with Gasteiger partial charge in [-0.2, -0.15) is 0 Å². The maximum atomic E-state index is 12.0. The molecular weight excluding hydrogens is 314 g/mol. The second kappa shape index (κ2) is 9.02. The smallest absolute Gasteiger partial charge is 0.328 e. The molecule has 0 aromatic heterocycles. The summed E-state index contributed by atoms with van der Waals surface area (Å²) >= 11 is 0. The Labute approximate surface area is 131 Å². The number of nitrogens with one attached hydrogen (secondary N) is 2. The number of hydrogen-bond acceptors (Lipinski definition) is 7. The van der Waals surface area contributed by atoms with E-state index in [4.69, 9.17) is 15.9 Å². The maximum Gasteiger partial charge on any atom is 0.328 e. The number of hydrogen-bond donors (Lipinski definition) is 7. The van der Waals surface area contributed by atoms with Gasteiger partial charge in [0, 0.05) is 0 Å². The first kappa shape index (κ1) is 20.8. The van der Waals surface area contributed by atoms with Crippen molar-refractivity contribution in [2.75, 3.05) is 0 Å². The fourth-order valence-electron chi connectivity index (χ4n) is 1.58. The van der Waals surface area contributed by atoms with E-state index in [0.29, 0.717) is 0 Å². The second-order valence-corrected chi connectivity index (χ2v) is 5.00. The van der Waals surface area contributed by atoms with Gasteiger partial charge in [-0.3, -0.25) is 14.4 Å². The Balaban J connectivity index is 4.97. The van der Waals surface area contributed by atoms with Gasteiger partial charge < -0.3 is 36.8 Å². The van der Waals surface area contributed by atoms with E-state index in [1.165, 1.54) is 0 Å². The molecule has 5 atom stereocenters. The van der Waals surface area contributed by atoms with Gasteiger partial charge in [0.05, 0.1) is 24.7 Å². The lowest BCUT2D eigenvalue weighted by Gasteiger charge is -2.25.